The minimum Gasteiger partial charge on any atom is -0.325 e. The number of rotatable bonds is 3. The number of pyridine rings is 1. The molecule has 0 aliphatic rings. The van der Waals surface area contributed by atoms with Gasteiger partial charge in [-0.05, 0) is 23.9 Å². The Morgan fingerprint density at radius 3 is 3.00 bits per heavy atom. The third-order valence-corrected chi connectivity index (χ3v) is 3.72. The van der Waals surface area contributed by atoms with E-state index < -0.39 is 0 Å². The first-order valence-corrected chi connectivity index (χ1v) is 6.29. The number of nitrogens with two attached hydrogens (primary N) is 1. The second-order valence-electron chi connectivity index (χ2n) is 3.82. The van der Waals surface area contributed by atoms with Gasteiger partial charge in [-0.25, -0.2) is 4.98 Å². The molecule has 2 N–H and O–H groups in total. The predicted octanol–water partition coefficient (Wildman–Crippen LogP) is 1.07. The average molecular weight is 260 g/mol. The molecule has 3 aromatic rings. The van der Waals surface area contributed by atoms with Crippen molar-refractivity contribution in [3.8, 4) is 0 Å². The first-order valence-electron chi connectivity index (χ1n) is 5.47. The van der Waals surface area contributed by atoms with Crippen molar-refractivity contribution in [1.82, 2.24) is 24.1 Å². The van der Waals surface area contributed by atoms with Gasteiger partial charge >= 0.3 is 0 Å². The Morgan fingerprint density at radius 1 is 1.39 bits per heavy atom. The molecular weight excluding hydrogens is 248 g/mol. The van der Waals surface area contributed by atoms with Crippen LogP contribution in [0.15, 0.2) is 40.9 Å². The number of nitrogens with zero attached hydrogens (tertiary/aromatic N) is 5. The summed E-state index contributed by atoms with van der Waals surface area (Å²) in [4.78, 5) is 4.56. The molecular formula is C11H12N6S. The third-order valence-electron chi connectivity index (χ3n) is 2.64. The maximum atomic E-state index is 5.81. The van der Waals surface area contributed by atoms with E-state index in [1.54, 1.807) is 6.33 Å². The summed E-state index contributed by atoms with van der Waals surface area (Å²) >= 11 is 1.48. The molecule has 3 aromatic heterocycles. The van der Waals surface area contributed by atoms with Gasteiger partial charge < -0.3 is 14.7 Å². The second-order valence-corrected chi connectivity index (χ2v) is 4.78. The van der Waals surface area contributed by atoms with Gasteiger partial charge in [0.2, 0.25) is 0 Å². The Labute approximate surface area is 108 Å². The van der Waals surface area contributed by atoms with Crippen LogP contribution >= 0.6 is 11.8 Å². The number of hydrogen-bond acceptors (Lipinski definition) is 5. The Kier molecular flexibility index (Phi) is 2.77. The van der Waals surface area contributed by atoms with Crippen LogP contribution in [0.3, 0.4) is 0 Å². The summed E-state index contributed by atoms with van der Waals surface area (Å²) in [6.07, 6.45) is 3.63. The molecule has 0 aliphatic carbocycles. The molecule has 0 atom stereocenters. The highest BCUT2D eigenvalue weighted by molar-refractivity contribution is 7.99. The molecule has 3 heterocycles. The smallest absolute Gasteiger partial charge is 0.197 e. The van der Waals surface area contributed by atoms with Crippen molar-refractivity contribution in [2.24, 2.45) is 12.8 Å². The maximum Gasteiger partial charge on any atom is 0.197 e. The maximum absolute atomic E-state index is 5.81. The van der Waals surface area contributed by atoms with Crippen molar-refractivity contribution in [2.75, 3.05) is 0 Å². The van der Waals surface area contributed by atoms with Crippen LogP contribution in [0.1, 0.15) is 5.69 Å². The zero-order valence-corrected chi connectivity index (χ0v) is 10.6. The number of hydrogen-bond donors (Lipinski definition) is 1. The molecule has 6 nitrogen and oxygen atoms in total. The number of aromatic nitrogens is 5. The molecule has 0 amide bonds. The van der Waals surface area contributed by atoms with Crippen LogP contribution in [0.2, 0.25) is 0 Å². The molecule has 0 spiro atoms. The number of aryl methyl sites for hydroxylation is 1. The van der Waals surface area contributed by atoms with Crippen molar-refractivity contribution in [2.45, 2.75) is 16.7 Å². The summed E-state index contributed by atoms with van der Waals surface area (Å²) < 4.78 is 3.85. The largest absolute Gasteiger partial charge is 0.325 e. The molecule has 0 aromatic carbocycles. The quantitative estimate of drug-likeness (QED) is 0.762. The van der Waals surface area contributed by atoms with Gasteiger partial charge in [-0.15, -0.1) is 10.2 Å². The Balaban J connectivity index is 2.09. The van der Waals surface area contributed by atoms with Gasteiger partial charge in [0, 0.05) is 19.8 Å². The molecule has 18 heavy (non-hydrogen) atoms. The van der Waals surface area contributed by atoms with E-state index in [-0.39, 0.29) is 0 Å². The summed E-state index contributed by atoms with van der Waals surface area (Å²) in [6, 6.07) is 5.88. The topological polar surface area (TPSA) is 74.0 Å². The Bertz CT molecular complexity index is 686. The van der Waals surface area contributed by atoms with Gasteiger partial charge in [-0.3, -0.25) is 0 Å². The fourth-order valence-electron chi connectivity index (χ4n) is 1.74. The summed E-state index contributed by atoms with van der Waals surface area (Å²) in [5, 5.41) is 9.57. The second kappa shape index (κ2) is 4.43. The summed E-state index contributed by atoms with van der Waals surface area (Å²) in [5.74, 6) is 0. The molecule has 0 bridgehead atoms. The lowest BCUT2D eigenvalue weighted by molar-refractivity contribution is 0.786. The standard InChI is InChI=1S/C11H12N6S/c1-16-7-13-15-11(16)18-10-8(6-12)17-5-3-2-4-9(17)14-10/h2-5,7H,6,12H2,1H3. The van der Waals surface area contributed by atoms with Crippen LogP contribution in [0, 0.1) is 0 Å². The van der Waals surface area contributed by atoms with Crippen molar-refractivity contribution in [3.05, 3.63) is 36.4 Å². The lowest BCUT2D eigenvalue weighted by atomic mass is 10.4. The first-order chi connectivity index (χ1) is 8.79. The van der Waals surface area contributed by atoms with Crippen LogP contribution in [-0.4, -0.2) is 24.1 Å². The SMILES string of the molecule is Cn1cnnc1Sc1nc2ccccn2c1CN. The van der Waals surface area contributed by atoms with Crippen molar-refractivity contribution >= 4 is 17.4 Å². The highest BCUT2D eigenvalue weighted by Gasteiger charge is 2.14. The summed E-state index contributed by atoms with van der Waals surface area (Å²) in [6.45, 7) is 0.436. The van der Waals surface area contributed by atoms with Crippen LogP contribution in [0.4, 0.5) is 0 Å². The fraction of sp³-hybridized carbons (Fsp3) is 0.182. The summed E-state index contributed by atoms with van der Waals surface area (Å²) in [7, 11) is 1.90. The zero-order chi connectivity index (χ0) is 12.5. The first kappa shape index (κ1) is 11.2. The minimum atomic E-state index is 0.436. The molecule has 92 valence electrons. The molecule has 3 rings (SSSR count). The molecule has 0 unspecified atom stereocenters. The van der Waals surface area contributed by atoms with Crippen molar-refractivity contribution in [3.63, 3.8) is 0 Å². The number of imidazole rings is 1. The van der Waals surface area contributed by atoms with Gasteiger partial charge in [0.1, 0.15) is 17.0 Å². The Morgan fingerprint density at radius 2 is 2.28 bits per heavy atom. The molecule has 0 radical (unpaired) electrons. The molecule has 0 saturated carbocycles. The third kappa shape index (κ3) is 1.77. The van der Waals surface area contributed by atoms with Crippen molar-refractivity contribution in [1.29, 1.82) is 0 Å². The normalized spacial score (nSPS) is 11.2. The Hall–Kier alpha value is -1.86. The van der Waals surface area contributed by atoms with Crippen molar-refractivity contribution < 1.29 is 0 Å². The molecule has 0 fully saturated rings. The van der Waals surface area contributed by atoms with E-state index in [0.717, 1.165) is 21.5 Å². The lowest BCUT2D eigenvalue weighted by Gasteiger charge is -2.00. The van der Waals surface area contributed by atoms with Gasteiger partial charge in [-0.1, -0.05) is 6.07 Å². The monoisotopic (exact) mass is 260 g/mol. The highest BCUT2D eigenvalue weighted by atomic mass is 32.2. The lowest BCUT2D eigenvalue weighted by Crippen LogP contribution is -2.02. The molecule has 0 saturated heterocycles. The molecule has 0 aliphatic heterocycles. The highest BCUT2D eigenvalue weighted by Crippen LogP contribution is 2.28. The van der Waals surface area contributed by atoms with E-state index in [1.165, 1.54) is 11.8 Å². The molecule has 7 heteroatoms. The minimum absolute atomic E-state index is 0.436. The van der Waals surface area contributed by atoms with Gasteiger partial charge in [0.15, 0.2) is 5.16 Å². The predicted molar refractivity (Wildman–Crippen MR) is 68.2 cm³/mol. The van der Waals surface area contributed by atoms with Crippen LogP contribution in [-0.2, 0) is 13.6 Å². The number of fused-ring (bicyclic) bond motifs is 1. The zero-order valence-electron chi connectivity index (χ0n) is 9.82. The van der Waals surface area contributed by atoms with Gasteiger partial charge in [0.05, 0.1) is 5.69 Å². The van der Waals surface area contributed by atoms with Gasteiger partial charge in [0.25, 0.3) is 0 Å². The van der Waals surface area contributed by atoms with E-state index in [0.29, 0.717) is 6.54 Å². The van der Waals surface area contributed by atoms with Crippen LogP contribution in [0.5, 0.6) is 0 Å². The van der Waals surface area contributed by atoms with E-state index in [1.807, 2.05) is 40.4 Å². The van der Waals surface area contributed by atoms with E-state index >= 15 is 0 Å². The average Bonchev–Trinajstić information content (AvgIpc) is 2.93. The van der Waals surface area contributed by atoms with Crippen LogP contribution < -0.4 is 5.73 Å². The van der Waals surface area contributed by atoms with E-state index in [9.17, 15) is 0 Å². The van der Waals surface area contributed by atoms with E-state index in [2.05, 4.69) is 15.2 Å². The fourth-order valence-corrected chi connectivity index (χ4v) is 2.63. The van der Waals surface area contributed by atoms with Crippen LogP contribution in [0.25, 0.3) is 5.65 Å². The summed E-state index contributed by atoms with van der Waals surface area (Å²) in [5.41, 5.74) is 7.69. The van der Waals surface area contributed by atoms with E-state index in [4.69, 9.17) is 5.73 Å². The van der Waals surface area contributed by atoms with Gasteiger partial charge in [-0.2, -0.15) is 0 Å².